The van der Waals surface area contributed by atoms with Crippen LogP contribution in [0.4, 0.5) is 0 Å². The van der Waals surface area contributed by atoms with Crippen LogP contribution >= 0.6 is 0 Å². The second-order valence-corrected chi connectivity index (χ2v) is 3.35. The first-order valence-corrected chi connectivity index (χ1v) is 5.17. The van der Waals surface area contributed by atoms with Crippen molar-refractivity contribution in [3.05, 3.63) is 0 Å². The summed E-state index contributed by atoms with van der Waals surface area (Å²) in [4.78, 5) is 0. The topological polar surface area (TPSA) is 23.8 Å². The van der Waals surface area contributed by atoms with Crippen molar-refractivity contribution in [2.45, 2.75) is 52.9 Å². The van der Waals surface area contributed by atoms with Gasteiger partial charge in [-0.1, -0.05) is 39.5 Å². The summed E-state index contributed by atoms with van der Waals surface area (Å²) in [5.41, 5.74) is 0. The molecule has 2 rings (SSSR count). The van der Waals surface area contributed by atoms with E-state index in [0.717, 1.165) is 0 Å². The maximum Gasteiger partial charge on any atom is 0.0587 e. The lowest BCUT2D eigenvalue weighted by Gasteiger charge is -2.05. The molecule has 0 aromatic carbocycles. The average Bonchev–Trinajstić information content (AvgIpc) is 2.72. The van der Waals surface area contributed by atoms with Crippen LogP contribution in [0.5, 0.6) is 0 Å². The highest BCUT2D eigenvalue weighted by Crippen LogP contribution is 2.43. The largest absolute Gasteiger partial charge is 0.199 e. The third-order valence-corrected chi connectivity index (χ3v) is 2.63. The monoisotopic (exact) mass is 167 g/mol. The second kappa shape index (κ2) is 7.16. The van der Waals surface area contributed by atoms with Crippen LogP contribution in [0.25, 0.3) is 0 Å². The molecule has 2 fully saturated rings. The molecule has 2 saturated carbocycles. The van der Waals surface area contributed by atoms with Gasteiger partial charge in [-0.2, -0.15) is 5.26 Å². The molecule has 2 aliphatic rings. The van der Waals surface area contributed by atoms with Gasteiger partial charge in [0.05, 0.1) is 6.07 Å². The van der Waals surface area contributed by atoms with Gasteiger partial charge in [-0.3, -0.25) is 0 Å². The van der Waals surface area contributed by atoms with Crippen LogP contribution in [0.15, 0.2) is 0 Å². The number of nitriles is 1. The first kappa shape index (κ1) is 11.5. The lowest BCUT2D eigenvalue weighted by Crippen LogP contribution is -1.90. The van der Waals surface area contributed by atoms with Gasteiger partial charge in [0, 0.05) is 6.92 Å². The molecule has 0 heterocycles. The molecule has 0 aliphatic heterocycles. The minimum atomic E-state index is 1.17. The van der Waals surface area contributed by atoms with E-state index >= 15 is 0 Å². The highest BCUT2D eigenvalue weighted by atomic mass is 14.4. The minimum absolute atomic E-state index is 1.17. The van der Waals surface area contributed by atoms with Gasteiger partial charge < -0.3 is 0 Å². The lowest BCUT2D eigenvalue weighted by molar-refractivity contribution is 0.480. The van der Waals surface area contributed by atoms with E-state index in [1.165, 1.54) is 18.8 Å². The molecule has 0 amide bonds. The molecule has 12 heavy (non-hydrogen) atoms. The highest BCUT2D eigenvalue weighted by molar-refractivity contribution is 4.82. The predicted molar refractivity (Wildman–Crippen MR) is 52.7 cm³/mol. The molecule has 0 atom stereocenters. The molecular formula is C11H21N. The van der Waals surface area contributed by atoms with Crippen molar-refractivity contribution in [1.82, 2.24) is 0 Å². The zero-order chi connectivity index (χ0) is 9.40. The maximum absolute atomic E-state index is 7.32. The number of nitrogens with zero attached hydrogens (tertiary/aromatic N) is 1. The first-order chi connectivity index (χ1) is 5.86. The fourth-order valence-electron chi connectivity index (χ4n) is 2.17. The summed E-state index contributed by atoms with van der Waals surface area (Å²) < 4.78 is 0. The van der Waals surface area contributed by atoms with Gasteiger partial charge in [-0.15, -0.1) is 0 Å². The van der Waals surface area contributed by atoms with Gasteiger partial charge in [0.2, 0.25) is 0 Å². The standard InChI is InChI=1S/C7H12.C2H3N.C2H6/c1-2-7-4-3-6(1)5-7;1-2-3;1-2/h6-7H,1-5H2;1H3;1-2H3. The summed E-state index contributed by atoms with van der Waals surface area (Å²) >= 11 is 0. The Kier molecular flexibility index (Phi) is 6.85. The van der Waals surface area contributed by atoms with Crippen molar-refractivity contribution >= 4 is 0 Å². The molecule has 0 radical (unpaired) electrons. The van der Waals surface area contributed by atoms with Crippen LogP contribution in [0.3, 0.4) is 0 Å². The van der Waals surface area contributed by atoms with Crippen LogP contribution in [0.1, 0.15) is 52.9 Å². The average molecular weight is 167 g/mol. The summed E-state index contributed by atoms with van der Waals surface area (Å²) in [6, 6.07) is 1.75. The zero-order valence-corrected chi connectivity index (χ0v) is 8.64. The Bertz CT molecular complexity index is 116. The van der Waals surface area contributed by atoms with E-state index in [-0.39, 0.29) is 0 Å². The van der Waals surface area contributed by atoms with Crippen molar-refractivity contribution in [2.75, 3.05) is 0 Å². The van der Waals surface area contributed by atoms with Crippen LogP contribution in [-0.2, 0) is 0 Å². The van der Waals surface area contributed by atoms with E-state index in [1.54, 1.807) is 38.2 Å². The molecule has 0 saturated heterocycles. The Labute approximate surface area is 76.8 Å². The highest BCUT2D eigenvalue weighted by Gasteiger charge is 2.30. The van der Waals surface area contributed by atoms with Gasteiger partial charge in [-0.25, -0.2) is 0 Å². The van der Waals surface area contributed by atoms with E-state index in [1.807, 2.05) is 13.8 Å². The summed E-state index contributed by atoms with van der Waals surface area (Å²) in [5.74, 6) is 2.34. The molecule has 0 aromatic rings. The van der Waals surface area contributed by atoms with Gasteiger partial charge >= 0.3 is 0 Å². The smallest absolute Gasteiger partial charge is 0.0587 e. The Morgan fingerprint density at radius 2 is 1.25 bits per heavy atom. The lowest BCUT2D eigenvalue weighted by atomic mass is 10.0. The molecule has 0 N–H and O–H groups in total. The number of fused-ring (bicyclic) bond motifs is 2. The number of hydrogen-bond acceptors (Lipinski definition) is 1. The van der Waals surface area contributed by atoms with Gasteiger partial charge in [0.15, 0.2) is 0 Å². The molecule has 2 aliphatic carbocycles. The summed E-state index contributed by atoms with van der Waals surface area (Å²) in [7, 11) is 0. The fourth-order valence-corrected chi connectivity index (χ4v) is 2.17. The van der Waals surface area contributed by atoms with Crippen molar-refractivity contribution in [3.8, 4) is 6.07 Å². The minimum Gasteiger partial charge on any atom is -0.199 e. The van der Waals surface area contributed by atoms with Crippen molar-refractivity contribution in [2.24, 2.45) is 11.8 Å². The predicted octanol–water partition coefficient (Wildman–Crippen LogP) is 3.75. The fraction of sp³-hybridized carbons (Fsp3) is 0.909. The molecule has 0 spiro atoms. The van der Waals surface area contributed by atoms with Crippen LogP contribution in [0, 0.1) is 23.2 Å². The first-order valence-electron chi connectivity index (χ1n) is 5.17. The van der Waals surface area contributed by atoms with Gasteiger partial charge in [0.1, 0.15) is 0 Å². The molecular weight excluding hydrogens is 146 g/mol. The molecule has 0 aromatic heterocycles. The van der Waals surface area contributed by atoms with E-state index in [4.69, 9.17) is 5.26 Å². The van der Waals surface area contributed by atoms with E-state index in [9.17, 15) is 0 Å². The maximum atomic E-state index is 7.32. The van der Waals surface area contributed by atoms with E-state index in [0.29, 0.717) is 0 Å². The SMILES string of the molecule is C1CC2CCC1C2.CC.CC#N. The van der Waals surface area contributed by atoms with Crippen molar-refractivity contribution in [3.63, 3.8) is 0 Å². The Morgan fingerprint density at radius 3 is 1.33 bits per heavy atom. The van der Waals surface area contributed by atoms with Crippen LogP contribution < -0.4 is 0 Å². The van der Waals surface area contributed by atoms with Crippen LogP contribution in [-0.4, -0.2) is 0 Å². The van der Waals surface area contributed by atoms with E-state index < -0.39 is 0 Å². The van der Waals surface area contributed by atoms with Crippen molar-refractivity contribution in [1.29, 1.82) is 5.26 Å². The molecule has 0 unspecified atom stereocenters. The van der Waals surface area contributed by atoms with Crippen molar-refractivity contribution < 1.29 is 0 Å². The summed E-state index contributed by atoms with van der Waals surface area (Å²) in [6.07, 6.45) is 7.82. The number of rotatable bonds is 0. The zero-order valence-electron chi connectivity index (χ0n) is 8.64. The van der Waals surface area contributed by atoms with Crippen LogP contribution in [0.2, 0.25) is 0 Å². The summed E-state index contributed by atoms with van der Waals surface area (Å²) in [6.45, 7) is 5.43. The number of hydrogen-bond donors (Lipinski definition) is 0. The van der Waals surface area contributed by atoms with Gasteiger partial charge in [0.25, 0.3) is 0 Å². The third-order valence-electron chi connectivity index (χ3n) is 2.63. The Hall–Kier alpha value is -0.510. The second-order valence-electron chi connectivity index (χ2n) is 3.35. The Balaban J connectivity index is 0.000000211. The molecule has 1 nitrogen and oxygen atoms in total. The normalized spacial score (nSPS) is 29.2. The quantitative estimate of drug-likeness (QED) is 0.539. The molecule has 2 bridgehead atoms. The molecule has 1 heteroatoms. The molecule has 70 valence electrons. The third kappa shape index (κ3) is 3.76. The van der Waals surface area contributed by atoms with E-state index in [2.05, 4.69) is 0 Å². The summed E-state index contributed by atoms with van der Waals surface area (Å²) in [5, 5.41) is 7.32. The Morgan fingerprint density at radius 1 is 1.00 bits per heavy atom. The van der Waals surface area contributed by atoms with Gasteiger partial charge in [-0.05, 0) is 18.3 Å².